The first-order valence-electron chi connectivity index (χ1n) is 3.94. The quantitative estimate of drug-likeness (QED) is 0.642. The van der Waals surface area contributed by atoms with Crippen molar-refractivity contribution in [3.05, 3.63) is 36.5 Å². The molecule has 0 aromatic carbocycles. The van der Waals surface area contributed by atoms with Crippen LogP contribution >= 0.6 is 23.3 Å². The number of hydrogen-bond acceptors (Lipinski definition) is 4. The zero-order valence-electron chi connectivity index (χ0n) is 7.11. The number of hydrogen-bond donors (Lipinski definition) is 1. The maximum atomic E-state index is 11.8. The van der Waals surface area contributed by atoms with E-state index in [1.165, 1.54) is 11.3 Å². The molecule has 0 bridgehead atoms. The van der Waals surface area contributed by atoms with Gasteiger partial charge in [-0.1, -0.05) is 11.0 Å². The standard InChI is InChI=1S/C9H7FN2S2/c10-12-14-9-5-4-8(13-9)7-3-1-2-6-11-7/h1-6,12H. The molecule has 2 heterocycles. The molecule has 2 rings (SSSR count). The number of thiophene rings is 1. The second-order valence-electron chi connectivity index (χ2n) is 2.51. The van der Waals surface area contributed by atoms with Crippen molar-refractivity contribution in [2.24, 2.45) is 0 Å². The number of nitrogens with one attached hydrogen (secondary N) is 1. The first kappa shape index (κ1) is 9.64. The number of halogens is 1. The second-order valence-corrected chi connectivity index (χ2v) is 4.65. The van der Waals surface area contributed by atoms with E-state index in [4.69, 9.17) is 0 Å². The first-order chi connectivity index (χ1) is 6.90. The van der Waals surface area contributed by atoms with Gasteiger partial charge in [-0.3, -0.25) is 4.98 Å². The Morgan fingerprint density at radius 1 is 1.29 bits per heavy atom. The largest absolute Gasteiger partial charge is 0.255 e. The molecule has 0 atom stereocenters. The van der Waals surface area contributed by atoms with Gasteiger partial charge in [-0.25, -0.2) is 0 Å². The highest BCUT2D eigenvalue weighted by atomic mass is 32.2. The molecule has 14 heavy (non-hydrogen) atoms. The summed E-state index contributed by atoms with van der Waals surface area (Å²) in [7, 11) is 0. The Bertz CT molecular complexity index is 402. The minimum atomic E-state index is 0.883. The van der Waals surface area contributed by atoms with Gasteiger partial charge in [-0.2, -0.15) is 0 Å². The van der Waals surface area contributed by atoms with Gasteiger partial charge < -0.3 is 0 Å². The van der Waals surface area contributed by atoms with Crippen molar-refractivity contribution in [2.75, 3.05) is 0 Å². The molecule has 0 aliphatic rings. The van der Waals surface area contributed by atoms with Gasteiger partial charge in [-0.05, 0) is 36.2 Å². The van der Waals surface area contributed by atoms with Crippen molar-refractivity contribution >= 4 is 23.3 Å². The van der Waals surface area contributed by atoms with E-state index in [9.17, 15) is 4.48 Å². The second kappa shape index (κ2) is 4.54. The Hall–Kier alpha value is -0.910. The zero-order valence-corrected chi connectivity index (χ0v) is 8.74. The van der Waals surface area contributed by atoms with Gasteiger partial charge in [0.1, 0.15) is 0 Å². The molecule has 1 N–H and O–H groups in total. The number of aromatic nitrogens is 1. The average Bonchev–Trinajstić information content (AvgIpc) is 2.68. The predicted molar refractivity (Wildman–Crippen MR) is 57.7 cm³/mol. The van der Waals surface area contributed by atoms with Gasteiger partial charge in [0, 0.05) is 6.20 Å². The third-order valence-electron chi connectivity index (χ3n) is 1.64. The average molecular weight is 226 g/mol. The monoisotopic (exact) mass is 226 g/mol. The van der Waals surface area contributed by atoms with Gasteiger partial charge in [0.15, 0.2) is 0 Å². The molecule has 0 amide bonds. The molecule has 0 spiro atoms. The third-order valence-corrected chi connectivity index (χ3v) is 3.45. The van der Waals surface area contributed by atoms with E-state index in [1.54, 1.807) is 11.1 Å². The molecular weight excluding hydrogens is 219 g/mol. The van der Waals surface area contributed by atoms with E-state index in [2.05, 4.69) is 4.98 Å². The van der Waals surface area contributed by atoms with Gasteiger partial charge in [0.05, 0.1) is 14.8 Å². The summed E-state index contributed by atoms with van der Waals surface area (Å²) >= 11 is 2.47. The fourth-order valence-corrected chi connectivity index (χ4v) is 2.52. The molecule has 0 aliphatic heterocycles. The first-order valence-corrected chi connectivity index (χ1v) is 5.57. The molecule has 0 saturated heterocycles. The lowest BCUT2D eigenvalue weighted by Gasteiger charge is -1.93. The highest BCUT2D eigenvalue weighted by molar-refractivity contribution is 7.99. The highest BCUT2D eigenvalue weighted by Crippen LogP contribution is 2.31. The molecule has 2 aromatic rings. The van der Waals surface area contributed by atoms with Gasteiger partial charge in [0.2, 0.25) is 0 Å². The number of pyridine rings is 1. The van der Waals surface area contributed by atoms with Crippen LogP contribution in [0.2, 0.25) is 0 Å². The topological polar surface area (TPSA) is 24.9 Å². The van der Waals surface area contributed by atoms with Crippen LogP contribution in [0.25, 0.3) is 10.6 Å². The minimum absolute atomic E-state index is 0.883. The van der Waals surface area contributed by atoms with Crippen LogP contribution < -0.4 is 4.94 Å². The Kier molecular flexibility index (Phi) is 3.13. The molecule has 0 unspecified atom stereocenters. The van der Waals surface area contributed by atoms with Crippen molar-refractivity contribution in [3.8, 4) is 10.6 Å². The molecule has 0 saturated carbocycles. The van der Waals surface area contributed by atoms with Crippen molar-refractivity contribution in [1.29, 1.82) is 0 Å². The fraction of sp³-hybridized carbons (Fsp3) is 0. The fourth-order valence-electron chi connectivity index (χ4n) is 1.06. The lowest BCUT2D eigenvalue weighted by molar-refractivity contribution is 0.465. The Morgan fingerprint density at radius 2 is 2.21 bits per heavy atom. The summed E-state index contributed by atoms with van der Waals surface area (Å²) in [5, 5.41) is 0. The normalized spacial score (nSPS) is 10.4. The Balaban J connectivity index is 2.25. The van der Waals surface area contributed by atoms with E-state index >= 15 is 0 Å². The van der Waals surface area contributed by atoms with Crippen LogP contribution in [0.3, 0.4) is 0 Å². The van der Waals surface area contributed by atoms with Crippen LogP contribution in [-0.2, 0) is 0 Å². The van der Waals surface area contributed by atoms with E-state index in [0.29, 0.717) is 0 Å². The summed E-state index contributed by atoms with van der Waals surface area (Å²) in [5.41, 5.74) is 0.920. The Labute approximate surface area is 89.3 Å². The summed E-state index contributed by atoms with van der Waals surface area (Å²) < 4.78 is 12.7. The van der Waals surface area contributed by atoms with Crippen LogP contribution in [0.15, 0.2) is 40.7 Å². The van der Waals surface area contributed by atoms with E-state index in [1.807, 2.05) is 30.3 Å². The minimum Gasteiger partial charge on any atom is -0.255 e. The van der Waals surface area contributed by atoms with Crippen LogP contribution in [-0.4, -0.2) is 4.98 Å². The number of rotatable bonds is 3. The third kappa shape index (κ3) is 2.12. The van der Waals surface area contributed by atoms with Crippen molar-refractivity contribution in [3.63, 3.8) is 0 Å². The molecule has 2 nitrogen and oxygen atoms in total. The van der Waals surface area contributed by atoms with Crippen LogP contribution in [0, 0.1) is 0 Å². The van der Waals surface area contributed by atoms with Crippen LogP contribution in [0.1, 0.15) is 0 Å². The van der Waals surface area contributed by atoms with Crippen LogP contribution in [0.4, 0.5) is 4.48 Å². The van der Waals surface area contributed by atoms with Crippen molar-refractivity contribution in [2.45, 2.75) is 4.21 Å². The summed E-state index contributed by atoms with van der Waals surface area (Å²) in [6.07, 6.45) is 1.75. The van der Waals surface area contributed by atoms with E-state index in [-0.39, 0.29) is 0 Å². The van der Waals surface area contributed by atoms with Gasteiger partial charge in [0.25, 0.3) is 0 Å². The SMILES string of the molecule is FNSc1ccc(-c2ccccn2)s1. The molecule has 5 heteroatoms. The smallest absolute Gasteiger partial charge is 0.0802 e. The molecule has 2 aromatic heterocycles. The Morgan fingerprint density at radius 3 is 2.93 bits per heavy atom. The van der Waals surface area contributed by atoms with Crippen molar-refractivity contribution < 1.29 is 4.48 Å². The van der Waals surface area contributed by atoms with Crippen LogP contribution in [0.5, 0.6) is 0 Å². The van der Waals surface area contributed by atoms with E-state index < -0.39 is 0 Å². The zero-order chi connectivity index (χ0) is 9.80. The summed E-state index contributed by atoms with van der Waals surface area (Å²) in [6.45, 7) is 0. The molecule has 0 aliphatic carbocycles. The predicted octanol–water partition coefficient (Wildman–Crippen LogP) is 3.29. The maximum absolute atomic E-state index is 11.8. The summed E-state index contributed by atoms with van der Waals surface area (Å²) in [4.78, 5) is 6.81. The van der Waals surface area contributed by atoms with Crippen molar-refractivity contribution in [1.82, 2.24) is 9.93 Å². The number of nitrogens with zero attached hydrogens (tertiary/aromatic N) is 1. The highest BCUT2D eigenvalue weighted by Gasteiger charge is 2.03. The molecular formula is C9H7FN2S2. The van der Waals surface area contributed by atoms with Gasteiger partial charge >= 0.3 is 0 Å². The lowest BCUT2D eigenvalue weighted by Crippen LogP contribution is -1.78. The molecule has 0 fully saturated rings. The maximum Gasteiger partial charge on any atom is 0.0802 e. The summed E-state index contributed by atoms with van der Waals surface area (Å²) in [6, 6.07) is 9.54. The molecule has 72 valence electrons. The van der Waals surface area contributed by atoms with Gasteiger partial charge in [-0.15, -0.1) is 15.8 Å². The van der Waals surface area contributed by atoms with E-state index in [0.717, 1.165) is 26.7 Å². The summed E-state index contributed by atoms with van der Waals surface area (Å²) in [5.74, 6) is 0. The molecule has 0 radical (unpaired) electrons. The lowest BCUT2D eigenvalue weighted by atomic mass is 10.3.